The van der Waals surface area contributed by atoms with Crippen molar-refractivity contribution in [2.45, 2.75) is 19.1 Å². The van der Waals surface area contributed by atoms with E-state index in [4.69, 9.17) is 5.11 Å². The van der Waals surface area contributed by atoms with Gasteiger partial charge in [-0.05, 0) is 6.07 Å². The van der Waals surface area contributed by atoms with Gasteiger partial charge in [0, 0.05) is 11.3 Å². The van der Waals surface area contributed by atoms with Crippen LogP contribution >= 0.6 is 0 Å². The van der Waals surface area contributed by atoms with Crippen LogP contribution in [-0.4, -0.2) is 28.8 Å². The first kappa shape index (κ1) is 10.1. The summed E-state index contributed by atoms with van der Waals surface area (Å²) in [7, 11) is 0. The van der Waals surface area contributed by atoms with Gasteiger partial charge in [0.2, 0.25) is 5.91 Å². The van der Waals surface area contributed by atoms with E-state index in [0.29, 0.717) is 17.8 Å². The lowest BCUT2D eigenvalue weighted by molar-refractivity contribution is -0.117. The Morgan fingerprint density at radius 2 is 2.13 bits per heavy atom. The molecule has 1 fully saturated rings. The third kappa shape index (κ3) is 1.86. The zero-order valence-electron chi connectivity index (χ0n) is 8.26. The fraction of sp³-hybridized carbons (Fsp3) is 0.364. The molecule has 0 spiro atoms. The number of benzene rings is 1. The summed E-state index contributed by atoms with van der Waals surface area (Å²) in [5.74, 6) is -0.0941. The minimum Gasteiger partial charge on any atom is -0.392 e. The summed E-state index contributed by atoms with van der Waals surface area (Å²) in [4.78, 5) is 13.1. The standard InChI is InChI=1S/C11H13NO3/c13-7-8-3-1-2-4-10(8)12-6-9(14)5-11(12)15/h1-4,9,13-14H,5-7H2. The lowest BCUT2D eigenvalue weighted by Gasteiger charge is -2.18. The molecular weight excluding hydrogens is 194 g/mol. The van der Waals surface area contributed by atoms with E-state index in [-0.39, 0.29) is 18.9 Å². The van der Waals surface area contributed by atoms with Crippen LogP contribution in [0.4, 0.5) is 5.69 Å². The molecule has 1 aliphatic heterocycles. The molecule has 0 aromatic heterocycles. The Bertz CT molecular complexity index is 378. The van der Waals surface area contributed by atoms with Crippen LogP contribution in [0.5, 0.6) is 0 Å². The van der Waals surface area contributed by atoms with Gasteiger partial charge in [0.15, 0.2) is 0 Å². The number of carbonyl (C=O) groups is 1. The SMILES string of the molecule is O=C1CC(O)CN1c1ccccc1CO. The summed E-state index contributed by atoms with van der Waals surface area (Å²) in [5, 5.41) is 18.5. The lowest BCUT2D eigenvalue weighted by atomic mass is 10.1. The van der Waals surface area contributed by atoms with Gasteiger partial charge in [0.1, 0.15) is 0 Å². The first-order valence-corrected chi connectivity index (χ1v) is 4.89. The second kappa shape index (κ2) is 4.00. The second-order valence-electron chi connectivity index (χ2n) is 3.65. The summed E-state index contributed by atoms with van der Waals surface area (Å²) < 4.78 is 0. The van der Waals surface area contributed by atoms with Crippen LogP contribution in [-0.2, 0) is 11.4 Å². The van der Waals surface area contributed by atoms with Crippen molar-refractivity contribution >= 4 is 11.6 Å². The molecule has 2 N–H and O–H groups in total. The molecule has 80 valence electrons. The van der Waals surface area contributed by atoms with E-state index in [2.05, 4.69) is 0 Å². The topological polar surface area (TPSA) is 60.8 Å². The fourth-order valence-corrected chi connectivity index (χ4v) is 1.83. The van der Waals surface area contributed by atoms with Crippen LogP contribution in [0.1, 0.15) is 12.0 Å². The largest absolute Gasteiger partial charge is 0.392 e. The molecule has 1 aromatic rings. The minimum atomic E-state index is -0.593. The molecule has 1 aliphatic rings. The Morgan fingerprint density at radius 1 is 1.40 bits per heavy atom. The van der Waals surface area contributed by atoms with Crippen LogP contribution in [0.25, 0.3) is 0 Å². The molecule has 0 saturated carbocycles. The van der Waals surface area contributed by atoms with Crippen LogP contribution in [0.2, 0.25) is 0 Å². The van der Waals surface area contributed by atoms with Gasteiger partial charge >= 0.3 is 0 Å². The number of rotatable bonds is 2. The highest BCUT2D eigenvalue weighted by molar-refractivity contribution is 5.96. The third-order valence-corrected chi connectivity index (χ3v) is 2.56. The zero-order valence-corrected chi connectivity index (χ0v) is 8.26. The van der Waals surface area contributed by atoms with E-state index in [1.165, 1.54) is 4.90 Å². The number of anilines is 1. The molecule has 1 aromatic carbocycles. The molecule has 2 rings (SSSR count). The van der Waals surface area contributed by atoms with Crippen molar-refractivity contribution in [3.8, 4) is 0 Å². The molecule has 1 atom stereocenters. The summed E-state index contributed by atoms with van der Waals surface area (Å²) in [5.41, 5.74) is 1.40. The van der Waals surface area contributed by atoms with Gasteiger partial charge in [-0.25, -0.2) is 0 Å². The first-order chi connectivity index (χ1) is 7.22. The number of aliphatic hydroxyl groups excluding tert-OH is 2. The summed E-state index contributed by atoms with van der Waals surface area (Å²) >= 11 is 0. The first-order valence-electron chi connectivity index (χ1n) is 4.89. The molecule has 0 bridgehead atoms. The number of para-hydroxylation sites is 1. The average Bonchev–Trinajstić information content (AvgIpc) is 2.57. The average molecular weight is 207 g/mol. The summed E-state index contributed by atoms with van der Waals surface area (Å²) in [6.07, 6.45) is -0.427. The number of hydrogen-bond acceptors (Lipinski definition) is 3. The normalized spacial score (nSPS) is 21.1. The maximum atomic E-state index is 11.5. The number of hydrogen-bond donors (Lipinski definition) is 2. The molecular formula is C11H13NO3. The minimum absolute atomic E-state index is 0.0941. The van der Waals surface area contributed by atoms with Crippen molar-refractivity contribution in [2.75, 3.05) is 11.4 Å². The Hall–Kier alpha value is -1.39. The van der Waals surface area contributed by atoms with E-state index in [9.17, 15) is 9.90 Å². The molecule has 1 unspecified atom stereocenters. The number of carbonyl (C=O) groups excluding carboxylic acids is 1. The molecule has 0 aliphatic carbocycles. The smallest absolute Gasteiger partial charge is 0.229 e. The predicted octanol–water partition coefficient (Wildman–Crippen LogP) is 0.277. The Morgan fingerprint density at radius 3 is 2.73 bits per heavy atom. The molecule has 4 nitrogen and oxygen atoms in total. The summed E-state index contributed by atoms with van der Waals surface area (Å²) in [6, 6.07) is 7.17. The van der Waals surface area contributed by atoms with Crippen molar-refractivity contribution in [2.24, 2.45) is 0 Å². The van der Waals surface area contributed by atoms with Gasteiger partial charge in [-0.3, -0.25) is 4.79 Å². The monoisotopic (exact) mass is 207 g/mol. The Labute approximate surface area is 87.8 Å². The van der Waals surface area contributed by atoms with Crippen molar-refractivity contribution < 1.29 is 15.0 Å². The van der Waals surface area contributed by atoms with E-state index in [1.807, 2.05) is 12.1 Å². The number of nitrogens with zero attached hydrogens (tertiary/aromatic N) is 1. The van der Waals surface area contributed by atoms with Crippen molar-refractivity contribution in [3.63, 3.8) is 0 Å². The van der Waals surface area contributed by atoms with Crippen LogP contribution < -0.4 is 4.90 Å². The van der Waals surface area contributed by atoms with Crippen LogP contribution in [0, 0.1) is 0 Å². The van der Waals surface area contributed by atoms with Gasteiger partial charge in [-0.1, -0.05) is 18.2 Å². The maximum Gasteiger partial charge on any atom is 0.229 e. The van der Waals surface area contributed by atoms with Crippen LogP contribution in [0.3, 0.4) is 0 Å². The van der Waals surface area contributed by atoms with Gasteiger partial charge in [0.05, 0.1) is 25.7 Å². The van der Waals surface area contributed by atoms with Crippen molar-refractivity contribution in [3.05, 3.63) is 29.8 Å². The van der Waals surface area contributed by atoms with Crippen molar-refractivity contribution in [1.29, 1.82) is 0 Å². The Kier molecular flexibility index (Phi) is 2.70. The van der Waals surface area contributed by atoms with Gasteiger partial charge in [-0.2, -0.15) is 0 Å². The molecule has 1 heterocycles. The van der Waals surface area contributed by atoms with E-state index < -0.39 is 6.10 Å². The van der Waals surface area contributed by atoms with Gasteiger partial charge in [-0.15, -0.1) is 0 Å². The Balaban J connectivity index is 2.33. The fourth-order valence-electron chi connectivity index (χ4n) is 1.83. The molecule has 1 saturated heterocycles. The molecule has 4 heteroatoms. The van der Waals surface area contributed by atoms with E-state index >= 15 is 0 Å². The maximum absolute atomic E-state index is 11.5. The number of β-amino-alcohol motifs (C(OH)–C–C–N with tert-alkyl or cyclic N) is 1. The quantitative estimate of drug-likeness (QED) is 0.732. The third-order valence-electron chi connectivity index (χ3n) is 2.56. The molecule has 0 radical (unpaired) electrons. The van der Waals surface area contributed by atoms with E-state index in [1.54, 1.807) is 12.1 Å². The van der Waals surface area contributed by atoms with Crippen LogP contribution in [0.15, 0.2) is 24.3 Å². The van der Waals surface area contributed by atoms with Crippen molar-refractivity contribution in [1.82, 2.24) is 0 Å². The van der Waals surface area contributed by atoms with Gasteiger partial charge in [0.25, 0.3) is 0 Å². The highest BCUT2D eigenvalue weighted by Crippen LogP contribution is 2.25. The van der Waals surface area contributed by atoms with E-state index in [0.717, 1.165) is 0 Å². The van der Waals surface area contributed by atoms with Gasteiger partial charge < -0.3 is 15.1 Å². The predicted molar refractivity (Wildman–Crippen MR) is 55.3 cm³/mol. The zero-order chi connectivity index (χ0) is 10.8. The lowest BCUT2D eigenvalue weighted by Crippen LogP contribution is -2.26. The number of aliphatic hydroxyl groups is 2. The highest BCUT2D eigenvalue weighted by Gasteiger charge is 2.29. The second-order valence-corrected chi connectivity index (χ2v) is 3.65. The molecule has 1 amide bonds. The number of amides is 1. The summed E-state index contributed by atoms with van der Waals surface area (Å²) in [6.45, 7) is 0.214. The highest BCUT2D eigenvalue weighted by atomic mass is 16.3. The molecule has 15 heavy (non-hydrogen) atoms.